The van der Waals surface area contributed by atoms with Gasteiger partial charge in [-0.1, -0.05) is 48.5 Å². The Labute approximate surface area is 110 Å². The molecular formula is C17H21N. The van der Waals surface area contributed by atoms with Crippen molar-refractivity contribution >= 4 is 0 Å². The average molecular weight is 239 g/mol. The highest BCUT2D eigenvalue weighted by molar-refractivity contribution is 5.67. The molecule has 0 aliphatic carbocycles. The van der Waals surface area contributed by atoms with Crippen molar-refractivity contribution in [2.45, 2.75) is 19.9 Å². The van der Waals surface area contributed by atoms with E-state index in [1.807, 2.05) is 0 Å². The predicted molar refractivity (Wildman–Crippen MR) is 78.7 cm³/mol. The Balaban J connectivity index is 2.31. The van der Waals surface area contributed by atoms with E-state index in [1.54, 1.807) is 0 Å². The Morgan fingerprint density at radius 2 is 1.50 bits per heavy atom. The predicted octanol–water partition coefficient (Wildman–Crippen LogP) is 4.28. The van der Waals surface area contributed by atoms with E-state index in [4.69, 9.17) is 0 Å². The van der Waals surface area contributed by atoms with Gasteiger partial charge in [0.25, 0.3) is 0 Å². The van der Waals surface area contributed by atoms with Gasteiger partial charge in [0.05, 0.1) is 0 Å². The van der Waals surface area contributed by atoms with Gasteiger partial charge in [-0.05, 0) is 50.2 Å². The van der Waals surface area contributed by atoms with Crippen LogP contribution in [-0.2, 0) is 0 Å². The molecule has 0 aromatic heterocycles. The molecule has 1 atom stereocenters. The zero-order valence-electron chi connectivity index (χ0n) is 11.6. The van der Waals surface area contributed by atoms with E-state index < -0.39 is 0 Å². The summed E-state index contributed by atoms with van der Waals surface area (Å²) < 4.78 is 0. The van der Waals surface area contributed by atoms with E-state index in [1.165, 1.54) is 22.3 Å². The Morgan fingerprint density at radius 3 is 2.06 bits per heavy atom. The molecule has 0 bridgehead atoms. The van der Waals surface area contributed by atoms with Crippen molar-refractivity contribution in [1.82, 2.24) is 4.90 Å². The van der Waals surface area contributed by atoms with E-state index in [-0.39, 0.29) is 0 Å². The fourth-order valence-electron chi connectivity index (χ4n) is 2.14. The van der Waals surface area contributed by atoms with E-state index in [2.05, 4.69) is 81.4 Å². The third-order valence-electron chi connectivity index (χ3n) is 3.62. The van der Waals surface area contributed by atoms with Gasteiger partial charge in [0, 0.05) is 6.04 Å². The van der Waals surface area contributed by atoms with E-state index >= 15 is 0 Å². The van der Waals surface area contributed by atoms with Crippen LogP contribution in [0.4, 0.5) is 0 Å². The number of rotatable bonds is 3. The monoisotopic (exact) mass is 239 g/mol. The lowest BCUT2D eigenvalue weighted by Crippen LogP contribution is -2.16. The number of aryl methyl sites for hydroxylation is 1. The van der Waals surface area contributed by atoms with Crippen LogP contribution in [0.3, 0.4) is 0 Å². The molecule has 2 aromatic carbocycles. The molecule has 94 valence electrons. The Morgan fingerprint density at radius 1 is 0.889 bits per heavy atom. The van der Waals surface area contributed by atoms with Gasteiger partial charge in [0.2, 0.25) is 0 Å². The van der Waals surface area contributed by atoms with Crippen molar-refractivity contribution in [2.24, 2.45) is 0 Å². The summed E-state index contributed by atoms with van der Waals surface area (Å²) in [6.45, 7) is 4.38. The van der Waals surface area contributed by atoms with Gasteiger partial charge in [0.1, 0.15) is 0 Å². The van der Waals surface area contributed by atoms with Crippen molar-refractivity contribution in [1.29, 1.82) is 0 Å². The average Bonchev–Trinajstić information content (AvgIpc) is 2.38. The maximum atomic E-state index is 2.23. The molecule has 2 aromatic rings. The Kier molecular flexibility index (Phi) is 3.83. The highest BCUT2D eigenvalue weighted by Gasteiger charge is 2.08. The van der Waals surface area contributed by atoms with Crippen molar-refractivity contribution in [3.63, 3.8) is 0 Å². The lowest BCUT2D eigenvalue weighted by atomic mass is 9.98. The smallest absolute Gasteiger partial charge is 0.0313 e. The first-order valence-electron chi connectivity index (χ1n) is 6.42. The van der Waals surface area contributed by atoms with Gasteiger partial charge in [-0.25, -0.2) is 0 Å². The summed E-state index contributed by atoms with van der Waals surface area (Å²) in [5.74, 6) is 0. The summed E-state index contributed by atoms with van der Waals surface area (Å²) in [5, 5.41) is 0. The summed E-state index contributed by atoms with van der Waals surface area (Å²) in [7, 11) is 4.22. The van der Waals surface area contributed by atoms with Gasteiger partial charge in [0.15, 0.2) is 0 Å². The minimum Gasteiger partial charge on any atom is -0.303 e. The molecule has 0 unspecified atom stereocenters. The van der Waals surface area contributed by atoms with Crippen LogP contribution in [0, 0.1) is 6.92 Å². The molecule has 0 saturated heterocycles. The molecule has 0 spiro atoms. The SMILES string of the molecule is Cc1ccccc1-c1ccc([C@H](C)N(C)C)cc1. The molecule has 0 aliphatic rings. The van der Waals surface area contributed by atoms with Crippen LogP contribution in [0.2, 0.25) is 0 Å². The summed E-state index contributed by atoms with van der Waals surface area (Å²) >= 11 is 0. The number of benzene rings is 2. The van der Waals surface area contributed by atoms with Crippen LogP contribution >= 0.6 is 0 Å². The summed E-state index contributed by atoms with van der Waals surface area (Å²) in [4.78, 5) is 2.22. The Bertz CT molecular complexity index is 511. The third-order valence-corrected chi connectivity index (χ3v) is 3.62. The molecule has 0 N–H and O–H groups in total. The molecule has 18 heavy (non-hydrogen) atoms. The maximum Gasteiger partial charge on any atom is 0.0313 e. The van der Waals surface area contributed by atoms with Crippen molar-refractivity contribution in [2.75, 3.05) is 14.1 Å². The number of hydrogen-bond donors (Lipinski definition) is 0. The topological polar surface area (TPSA) is 3.24 Å². The van der Waals surface area contributed by atoms with Crippen molar-refractivity contribution in [3.8, 4) is 11.1 Å². The van der Waals surface area contributed by atoms with Crippen LogP contribution in [-0.4, -0.2) is 19.0 Å². The summed E-state index contributed by atoms with van der Waals surface area (Å²) in [6, 6.07) is 17.9. The molecule has 0 aliphatic heterocycles. The number of hydrogen-bond acceptors (Lipinski definition) is 1. The minimum atomic E-state index is 0.455. The van der Waals surface area contributed by atoms with Crippen LogP contribution in [0.25, 0.3) is 11.1 Å². The van der Waals surface area contributed by atoms with Gasteiger partial charge < -0.3 is 4.90 Å². The molecule has 1 nitrogen and oxygen atoms in total. The maximum absolute atomic E-state index is 2.23. The number of nitrogens with zero attached hydrogens (tertiary/aromatic N) is 1. The molecule has 0 saturated carbocycles. The highest BCUT2D eigenvalue weighted by atomic mass is 15.1. The zero-order valence-corrected chi connectivity index (χ0v) is 11.6. The second-order valence-electron chi connectivity index (χ2n) is 5.08. The van der Waals surface area contributed by atoms with Gasteiger partial charge in [-0.2, -0.15) is 0 Å². The van der Waals surface area contributed by atoms with Gasteiger partial charge >= 0.3 is 0 Å². The first-order valence-corrected chi connectivity index (χ1v) is 6.42. The summed E-state index contributed by atoms with van der Waals surface area (Å²) in [6.07, 6.45) is 0. The lowest BCUT2D eigenvalue weighted by Gasteiger charge is -2.20. The molecule has 0 heterocycles. The van der Waals surface area contributed by atoms with Crippen molar-refractivity contribution < 1.29 is 0 Å². The zero-order chi connectivity index (χ0) is 13.1. The van der Waals surface area contributed by atoms with E-state index in [0.29, 0.717) is 6.04 Å². The van der Waals surface area contributed by atoms with Crippen molar-refractivity contribution in [3.05, 3.63) is 59.7 Å². The first-order chi connectivity index (χ1) is 8.59. The Hall–Kier alpha value is -1.60. The van der Waals surface area contributed by atoms with Gasteiger partial charge in [-0.15, -0.1) is 0 Å². The highest BCUT2D eigenvalue weighted by Crippen LogP contribution is 2.25. The first kappa shape index (κ1) is 12.8. The fraction of sp³-hybridized carbons (Fsp3) is 0.294. The molecule has 0 fully saturated rings. The molecule has 1 heteroatoms. The second kappa shape index (κ2) is 5.36. The summed E-state index contributed by atoms with van der Waals surface area (Å²) in [5.41, 5.74) is 5.30. The molecule has 2 rings (SSSR count). The standard InChI is InChI=1S/C17H21N/c1-13-7-5-6-8-17(13)16-11-9-15(10-12-16)14(2)18(3)4/h5-12,14H,1-4H3/t14-/m0/s1. The van der Waals surface area contributed by atoms with Crippen LogP contribution in [0.1, 0.15) is 24.1 Å². The van der Waals surface area contributed by atoms with Gasteiger partial charge in [-0.3, -0.25) is 0 Å². The van der Waals surface area contributed by atoms with E-state index in [9.17, 15) is 0 Å². The molecule has 0 amide bonds. The van der Waals surface area contributed by atoms with Crippen LogP contribution in [0.5, 0.6) is 0 Å². The molecular weight excluding hydrogens is 218 g/mol. The quantitative estimate of drug-likeness (QED) is 0.772. The largest absolute Gasteiger partial charge is 0.303 e. The molecule has 0 radical (unpaired) electrons. The minimum absolute atomic E-state index is 0.455. The fourth-order valence-corrected chi connectivity index (χ4v) is 2.14. The van der Waals surface area contributed by atoms with Crippen LogP contribution < -0.4 is 0 Å². The second-order valence-corrected chi connectivity index (χ2v) is 5.08. The van der Waals surface area contributed by atoms with E-state index in [0.717, 1.165) is 0 Å². The lowest BCUT2D eigenvalue weighted by molar-refractivity contribution is 0.321. The van der Waals surface area contributed by atoms with Crippen LogP contribution in [0.15, 0.2) is 48.5 Å². The third kappa shape index (κ3) is 2.62. The normalized spacial score (nSPS) is 12.7.